The van der Waals surface area contributed by atoms with Gasteiger partial charge in [-0.05, 0) is 42.7 Å². The minimum absolute atomic E-state index is 0.0227. The number of rotatable bonds is 3. The summed E-state index contributed by atoms with van der Waals surface area (Å²) in [6.45, 7) is 0. The van der Waals surface area contributed by atoms with E-state index in [1.165, 1.54) is 6.20 Å². The lowest BCUT2D eigenvalue weighted by Crippen LogP contribution is -2.36. The number of halogens is 1. The Bertz CT molecular complexity index is 708. The van der Waals surface area contributed by atoms with Crippen LogP contribution in [0.4, 0.5) is 5.82 Å². The first-order chi connectivity index (χ1) is 11.2. The highest BCUT2D eigenvalue weighted by atomic mass is 35.5. The van der Waals surface area contributed by atoms with Crippen molar-refractivity contribution in [3.05, 3.63) is 53.4 Å². The molecule has 0 spiro atoms. The molecule has 118 valence electrons. The summed E-state index contributed by atoms with van der Waals surface area (Å²) in [6.07, 6.45) is 7.06. The summed E-state index contributed by atoms with van der Waals surface area (Å²) >= 11 is 5.83. The van der Waals surface area contributed by atoms with Crippen molar-refractivity contribution in [3.63, 3.8) is 0 Å². The Labute approximate surface area is 139 Å². The Morgan fingerprint density at radius 3 is 2.70 bits per heavy atom. The number of hydrogen-bond acceptors (Lipinski definition) is 4. The summed E-state index contributed by atoms with van der Waals surface area (Å²) in [5, 5.41) is 3.43. The molecule has 1 N–H and O–H groups in total. The van der Waals surface area contributed by atoms with E-state index in [1.807, 2.05) is 12.1 Å². The second-order valence-electron chi connectivity index (χ2n) is 5.97. The van der Waals surface area contributed by atoms with Gasteiger partial charge in [0.05, 0.1) is 23.1 Å². The molecule has 0 aromatic carbocycles. The number of anilines is 1. The number of fused-ring (bicyclic) bond motifs is 2. The van der Waals surface area contributed by atoms with Crippen molar-refractivity contribution in [1.29, 1.82) is 0 Å². The molecule has 2 fully saturated rings. The smallest absolute Gasteiger partial charge is 0.231 e. The number of carbonyl (C=O) groups is 1. The third kappa shape index (κ3) is 2.71. The van der Waals surface area contributed by atoms with Crippen LogP contribution in [0.2, 0.25) is 5.02 Å². The normalized spacial score (nSPS) is 28.7. The molecule has 5 nitrogen and oxygen atoms in total. The molecule has 1 amide bonds. The zero-order valence-electron chi connectivity index (χ0n) is 12.4. The molecule has 1 unspecified atom stereocenters. The molecule has 6 heteroatoms. The largest absolute Gasteiger partial charge is 0.373 e. The Morgan fingerprint density at radius 1 is 1.17 bits per heavy atom. The quantitative estimate of drug-likeness (QED) is 0.940. The van der Waals surface area contributed by atoms with Gasteiger partial charge in [-0.1, -0.05) is 11.6 Å². The maximum atomic E-state index is 12.8. The third-order valence-corrected chi connectivity index (χ3v) is 4.87. The third-order valence-electron chi connectivity index (χ3n) is 4.65. The van der Waals surface area contributed by atoms with Crippen LogP contribution in [0.1, 0.15) is 24.3 Å². The molecule has 2 aromatic heterocycles. The van der Waals surface area contributed by atoms with Crippen LogP contribution in [0, 0.1) is 5.92 Å². The fourth-order valence-corrected chi connectivity index (χ4v) is 3.79. The lowest BCUT2D eigenvalue weighted by Gasteiger charge is -2.27. The lowest BCUT2D eigenvalue weighted by atomic mass is 9.75. The van der Waals surface area contributed by atoms with Gasteiger partial charge in [0.2, 0.25) is 5.91 Å². The zero-order valence-corrected chi connectivity index (χ0v) is 13.1. The Kier molecular flexibility index (Phi) is 3.75. The van der Waals surface area contributed by atoms with Crippen LogP contribution in [-0.2, 0) is 9.53 Å². The molecule has 0 saturated carbocycles. The van der Waals surface area contributed by atoms with Crippen LogP contribution in [-0.4, -0.2) is 28.1 Å². The van der Waals surface area contributed by atoms with Crippen LogP contribution in [0.3, 0.4) is 0 Å². The van der Waals surface area contributed by atoms with Gasteiger partial charge in [-0.15, -0.1) is 0 Å². The van der Waals surface area contributed by atoms with Gasteiger partial charge in [-0.25, -0.2) is 4.98 Å². The fraction of sp³-hybridized carbons (Fsp3) is 0.353. The van der Waals surface area contributed by atoms with Crippen molar-refractivity contribution >= 4 is 23.3 Å². The molecule has 4 atom stereocenters. The van der Waals surface area contributed by atoms with E-state index in [0.717, 1.165) is 18.4 Å². The van der Waals surface area contributed by atoms with E-state index in [4.69, 9.17) is 16.3 Å². The summed E-state index contributed by atoms with van der Waals surface area (Å²) in [5.74, 6) is 0.335. The van der Waals surface area contributed by atoms with Crippen LogP contribution in [0.5, 0.6) is 0 Å². The maximum Gasteiger partial charge on any atom is 0.231 e. The van der Waals surface area contributed by atoms with Gasteiger partial charge in [-0.2, -0.15) is 0 Å². The van der Waals surface area contributed by atoms with E-state index in [0.29, 0.717) is 10.8 Å². The first-order valence-electron chi connectivity index (χ1n) is 7.70. The van der Waals surface area contributed by atoms with E-state index in [-0.39, 0.29) is 30.0 Å². The van der Waals surface area contributed by atoms with Gasteiger partial charge in [0.1, 0.15) is 5.82 Å². The highest BCUT2D eigenvalue weighted by Gasteiger charge is 2.52. The van der Waals surface area contributed by atoms with Crippen LogP contribution in [0.15, 0.2) is 42.9 Å². The van der Waals surface area contributed by atoms with Gasteiger partial charge in [0.15, 0.2) is 0 Å². The number of hydrogen-bond donors (Lipinski definition) is 1. The number of carbonyl (C=O) groups excluding carboxylic acids is 1. The number of nitrogens with zero attached hydrogens (tertiary/aromatic N) is 2. The summed E-state index contributed by atoms with van der Waals surface area (Å²) in [4.78, 5) is 21.0. The first kappa shape index (κ1) is 14.6. The van der Waals surface area contributed by atoms with Gasteiger partial charge >= 0.3 is 0 Å². The fourth-order valence-electron chi connectivity index (χ4n) is 3.68. The molecule has 4 rings (SSSR count). The standard InChI is InChI=1S/C17H16ClN3O2/c18-11-1-4-14(20-9-11)21-17(22)16-13-3-2-12(23-13)15(16)10-5-7-19-8-6-10/h1,4-9,12-13,15-16H,2-3H2,(H,20,21,22)/t12-,13+,15+,16?/m0/s1. The topological polar surface area (TPSA) is 64.1 Å². The number of aromatic nitrogens is 2. The van der Waals surface area contributed by atoms with Gasteiger partial charge in [0.25, 0.3) is 0 Å². The van der Waals surface area contributed by atoms with Crippen molar-refractivity contribution in [2.24, 2.45) is 5.92 Å². The van der Waals surface area contributed by atoms with Crippen LogP contribution >= 0.6 is 11.6 Å². The van der Waals surface area contributed by atoms with Gasteiger partial charge in [-0.3, -0.25) is 9.78 Å². The molecule has 0 aliphatic carbocycles. The summed E-state index contributed by atoms with van der Waals surface area (Å²) in [5.41, 5.74) is 1.11. The average Bonchev–Trinajstić information content (AvgIpc) is 3.19. The van der Waals surface area contributed by atoms with E-state index in [1.54, 1.807) is 24.5 Å². The predicted molar refractivity (Wildman–Crippen MR) is 86.2 cm³/mol. The minimum atomic E-state index is -0.200. The molecule has 2 aliphatic heterocycles. The highest BCUT2D eigenvalue weighted by Crippen LogP contribution is 2.49. The SMILES string of the molecule is O=C(Nc1ccc(Cl)cn1)C1[C@H]2CC[C@H](O2)[C@H]1c1ccncc1. The number of nitrogens with one attached hydrogen (secondary N) is 1. The Morgan fingerprint density at radius 2 is 1.96 bits per heavy atom. The summed E-state index contributed by atoms with van der Waals surface area (Å²) in [6, 6.07) is 7.35. The van der Waals surface area contributed by atoms with Gasteiger partial charge < -0.3 is 10.1 Å². The molecule has 2 aromatic rings. The molecule has 23 heavy (non-hydrogen) atoms. The van der Waals surface area contributed by atoms with E-state index in [2.05, 4.69) is 15.3 Å². The van der Waals surface area contributed by atoms with Crippen molar-refractivity contribution in [2.45, 2.75) is 31.0 Å². The second-order valence-corrected chi connectivity index (χ2v) is 6.41. The average molecular weight is 330 g/mol. The van der Waals surface area contributed by atoms with Crippen LogP contribution < -0.4 is 5.32 Å². The maximum absolute atomic E-state index is 12.8. The molecule has 2 saturated heterocycles. The predicted octanol–water partition coefficient (Wildman–Crippen LogP) is 3.03. The lowest BCUT2D eigenvalue weighted by molar-refractivity contribution is -0.121. The van der Waals surface area contributed by atoms with Crippen molar-refractivity contribution in [3.8, 4) is 0 Å². The van der Waals surface area contributed by atoms with Gasteiger partial charge in [0, 0.05) is 24.5 Å². The van der Waals surface area contributed by atoms with Crippen LogP contribution in [0.25, 0.3) is 0 Å². The number of amides is 1. The highest BCUT2D eigenvalue weighted by molar-refractivity contribution is 6.30. The minimum Gasteiger partial charge on any atom is -0.373 e. The molecule has 0 radical (unpaired) electrons. The molecule has 2 bridgehead atoms. The number of pyridine rings is 2. The van der Waals surface area contributed by atoms with E-state index >= 15 is 0 Å². The Balaban J connectivity index is 1.58. The molecular formula is C17H16ClN3O2. The molecule has 2 aliphatic rings. The molecule has 4 heterocycles. The summed E-state index contributed by atoms with van der Waals surface area (Å²) in [7, 11) is 0. The van der Waals surface area contributed by atoms with Crippen molar-refractivity contribution in [1.82, 2.24) is 9.97 Å². The van der Waals surface area contributed by atoms with E-state index < -0.39 is 0 Å². The molecular weight excluding hydrogens is 314 g/mol. The van der Waals surface area contributed by atoms with Crippen molar-refractivity contribution in [2.75, 3.05) is 5.32 Å². The monoisotopic (exact) mass is 329 g/mol. The summed E-state index contributed by atoms with van der Waals surface area (Å²) < 4.78 is 6.01. The Hall–Kier alpha value is -1.98. The number of ether oxygens (including phenoxy) is 1. The first-order valence-corrected chi connectivity index (χ1v) is 8.08. The zero-order chi connectivity index (χ0) is 15.8. The van der Waals surface area contributed by atoms with E-state index in [9.17, 15) is 4.79 Å². The second kappa shape index (κ2) is 5.91. The van der Waals surface area contributed by atoms with Crippen molar-refractivity contribution < 1.29 is 9.53 Å².